The van der Waals surface area contributed by atoms with Crippen molar-refractivity contribution in [2.24, 2.45) is 0 Å². The number of benzene rings is 4. The molecule has 1 aliphatic heterocycles. The summed E-state index contributed by atoms with van der Waals surface area (Å²) in [6, 6.07) is 39.5. The molecule has 1 aromatic heterocycles. The molecule has 1 aliphatic rings. The van der Waals surface area contributed by atoms with Gasteiger partial charge in [-0.25, -0.2) is 4.98 Å². The normalized spacial score (nSPS) is 17.5. The lowest BCUT2D eigenvalue weighted by molar-refractivity contribution is 0.381. The largest absolute Gasteiger partial charge is 0.361 e. The molecule has 1 atom stereocenters. The average molecular weight is 458 g/mol. The van der Waals surface area contributed by atoms with E-state index in [1.54, 1.807) is 6.33 Å². The highest BCUT2D eigenvalue weighted by Crippen LogP contribution is 2.43. The number of hydrogen-bond donors (Lipinski definition) is 1. The third kappa shape index (κ3) is 4.13. The Labute approximate surface area is 206 Å². The number of para-hydroxylation sites is 2. The molecule has 172 valence electrons. The van der Waals surface area contributed by atoms with Crippen molar-refractivity contribution in [1.29, 1.82) is 0 Å². The molecule has 0 fully saturated rings. The van der Waals surface area contributed by atoms with Crippen LogP contribution >= 0.6 is 0 Å². The number of fused-ring (bicyclic) bond motifs is 1. The molecule has 0 amide bonds. The fourth-order valence-electron chi connectivity index (χ4n) is 5.39. The first-order valence-corrected chi connectivity index (χ1v) is 12.2. The Balaban J connectivity index is 1.55. The van der Waals surface area contributed by atoms with E-state index in [1.165, 1.54) is 33.8 Å². The molecule has 0 spiro atoms. The van der Waals surface area contributed by atoms with Gasteiger partial charge in [0.05, 0.1) is 24.8 Å². The fourth-order valence-corrected chi connectivity index (χ4v) is 5.39. The quantitative estimate of drug-likeness (QED) is 0.290. The summed E-state index contributed by atoms with van der Waals surface area (Å²) >= 11 is 0. The summed E-state index contributed by atoms with van der Waals surface area (Å²) in [5.41, 5.74) is 8.91. The number of anilines is 1. The van der Waals surface area contributed by atoms with Crippen LogP contribution in [0, 0.1) is 0 Å². The van der Waals surface area contributed by atoms with Crippen LogP contribution < -0.4 is 9.38 Å². The van der Waals surface area contributed by atoms with E-state index in [9.17, 15) is 0 Å². The van der Waals surface area contributed by atoms with Gasteiger partial charge in [0.15, 0.2) is 0 Å². The number of quaternary nitrogens is 1. The molecule has 4 heteroatoms. The Kier molecular flexibility index (Phi) is 5.65. The van der Waals surface area contributed by atoms with Crippen LogP contribution in [0.4, 0.5) is 17.1 Å². The maximum absolute atomic E-state index is 4.33. The van der Waals surface area contributed by atoms with E-state index in [4.69, 9.17) is 0 Å². The first-order valence-electron chi connectivity index (χ1n) is 12.2. The molecule has 0 bridgehead atoms. The summed E-state index contributed by atoms with van der Waals surface area (Å²) in [6.07, 6.45) is 3.74. The van der Waals surface area contributed by atoms with E-state index < -0.39 is 0 Å². The van der Waals surface area contributed by atoms with Crippen LogP contribution in [0.3, 0.4) is 0 Å². The molecule has 6 rings (SSSR count). The van der Waals surface area contributed by atoms with Gasteiger partial charge >= 0.3 is 0 Å². The molecule has 0 saturated heterocycles. The molecule has 4 nitrogen and oxygen atoms in total. The van der Waals surface area contributed by atoms with Crippen LogP contribution in [0.2, 0.25) is 0 Å². The van der Waals surface area contributed by atoms with E-state index in [2.05, 4.69) is 124 Å². The first-order chi connectivity index (χ1) is 17.3. The molecule has 0 radical (unpaired) electrons. The van der Waals surface area contributed by atoms with E-state index in [-0.39, 0.29) is 0 Å². The highest BCUT2D eigenvalue weighted by atomic mass is 15.4. The van der Waals surface area contributed by atoms with Crippen LogP contribution in [0.1, 0.15) is 11.3 Å². The van der Waals surface area contributed by atoms with Gasteiger partial charge in [0.2, 0.25) is 0 Å². The van der Waals surface area contributed by atoms with Crippen LogP contribution in [-0.2, 0) is 13.1 Å². The number of aromatic nitrogens is 2. The number of imidazole rings is 1. The summed E-state index contributed by atoms with van der Waals surface area (Å²) in [5, 5.41) is 0. The Morgan fingerprint density at radius 3 is 2.20 bits per heavy atom. The summed E-state index contributed by atoms with van der Waals surface area (Å²) in [6.45, 7) is 3.60. The zero-order chi connectivity index (χ0) is 23.5. The van der Waals surface area contributed by atoms with Gasteiger partial charge in [-0.1, -0.05) is 66.7 Å². The minimum atomic E-state index is 0.747. The van der Waals surface area contributed by atoms with Gasteiger partial charge in [0.1, 0.15) is 24.5 Å². The van der Waals surface area contributed by atoms with Crippen LogP contribution in [0.15, 0.2) is 122 Å². The van der Waals surface area contributed by atoms with E-state index in [1.807, 2.05) is 6.20 Å². The first kappa shape index (κ1) is 21.4. The highest BCUT2D eigenvalue weighted by molar-refractivity contribution is 5.72. The average Bonchev–Trinajstić information content (AvgIpc) is 3.38. The lowest BCUT2D eigenvalue weighted by Crippen LogP contribution is -2.47. The second-order valence-electron chi connectivity index (χ2n) is 9.23. The Morgan fingerprint density at radius 2 is 1.49 bits per heavy atom. The molecule has 0 saturated carbocycles. The van der Waals surface area contributed by atoms with Gasteiger partial charge in [0, 0.05) is 23.9 Å². The van der Waals surface area contributed by atoms with Gasteiger partial charge in [0.25, 0.3) is 0 Å². The standard InChI is InChI=1S/C31H29N4/c1-4-10-25(11-5-1)26-16-17-31-27(20-26)22-34(29-12-6-2-7-13-29)18-19-35(31,23-28-21-32-24-33-28)30-14-8-3-9-15-30/h1-17,20-21,24H,18-19,22-23H2,(H,32,33)/q+1. The van der Waals surface area contributed by atoms with Gasteiger partial charge in [-0.2, -0.15) is 0 Å². The summed E-state index contributed by atoms with van der Waals surface area (Å²) in [5.74, 6) is 0. The second kappa shape index (κ2) is 9.24. The van der Waals surface area contributed by atoms with E-state index >= 15 is 0 Å². The molecule has 1 unspecified atom stereocenters. The van der Waals surface area contributed by atoms with Crippen molar-refractivity contribution in [3.05, 3.63) is 133 Å². The Morgan fingerprint density at radius 1 is 0.771 bits per heavy atom. The maximum atomic E-state index is 4.33. The SMILES string of the molecule is c1ccc(-c2ccc3c(c2)CN(c2ccccc2)CC[N+]3(Cc2cnc[nH]2)c2ccccc2)cc1. The minimum absolute atomic E-state index is 0.747. The molecular formula is C31H29N4+. The van der Waals surface area contributed by atoms with Crippen LogP contribution in [0.5, 0.6) is 0 Å². The molecule has 5 aromatic rings. The van der Waals surface area contributed by atoms with Crippen molar-refractivity contribution in [3.63, 3.8) is 0 Å². The van der Waals surface area contributed by atoms with Crippen LogP contribution in [0.25, 0.3) is 11.1 Å². The predicted molar refractivity (Wildman–Crippen MR) is 144 cm³/mol. The molecule has 35 heavy (non-hydrogen) atoms. The zero-order valence-corrected chi connectivity index (χ0v) is 19.7. The Bertz CT molecular complexity index is 1380. The van der Waals surface area contributed by atoms with Crippen molar-refractivity contribution in [3.8, 4) is 11.1 Å². The fraction of sp³-hybridized carbons (Fsp3) is 0.129. The van der Waals surface area contributed by atoms with E-state index in [0.29, 0.717) is 0 Å². The van der Waals surface area contributed by atoms with Crippen LogP contribution in [-0.4, -0.2) is 23.1 Å². The van der Waals surface area contributed by atoms with Crippen molar-refractivity contribution < 1.29 is 0 Å². The van der Waals surface area contributed by atoms with Gasteiger partial charge in [-0.3, -0.25) is 4.48 Å². The van der Waals surface area contributed by atoms with Crippen molar-refractivity contribution in [2.75, 3.05) is 18.0 Å². The zero-order valence-electron chi connectivity index (χ0n) is 19.7. The monoisotopic (exact) mass is 457 g/mol. The second-order valence-corrected chi connectivity index (χ2v) is 9.23. The van der Waals surface area contributed by atoms with Gasteiger partial charge in [-0.05, 0) is 47.5 Å². The van der Waals surface area contributed by atoms with Gasteiger partial charge in [-0.15, -0.1) is 0 Å². The topological polar surface area (TPSA) is 31.9 Å². The van der Waals surface area contributed by atoms with Crippen molar-refractivity contribution >= 4 is 17.1 Å². The molecule has 1 N–H and O–H groups in total. The Hall–Kier alpha value is -4.15. The van der Waals surface area contributed by atoms with E-state index in [0.717, 1.165) is 36.4 Å². The highest BCUT2D eigenvalue weighted by Gasteiger charge is 2.39. The third-order valence-electron chi connectivity index (χ3n) is 7.13. The molecule has 4 aromatic carbocycles. The predicted octanol–water partition coefficient (Wildman–Crippen LogP) is 6.94. The maximum Gasteiger partial charge on any atom is 0.143 e. The lowest BCUT2D eigenvalue weighted by Gasteiger charge is -2.37. The van der Waals surface area contributed by atoms with Crippen molar-refractivity contribution in [1.82, 2.24) is 14.5 Å². The summed E-state index contributed by atoms with van der Waals surface area (Å²) < 4.78 is 0.747. The number of hydrogen-bond acceptors (Lipinski definition) is 2. The number of nitrogens with one attached hydrogen (secondary N) is 1. The number of H-pyrrole nitrogens is 1. The number of nitrogens with zero attached hydrogens (tertiary/aromatic N) is 3. The molecule has 2 heterocycles. The number of rotatable bonds is 5. The molecule has 0 aliphatic carbocycles. The molecular weight excluding hydrogens is 428 g/mol. The smallest absolute Gasteiger partial charge is 0.143 e. The number of aromatic amines is 1. The minimum Gasteiger partial charge on any atom is -0.361 e. The lowest BCUT2D eigenvalue weighted by atomic mass is 9.99. The van der Waals surface area contributed by atoms with Crippen molar-refractivity contribution in [2.45, 2.75) is 13.1 Å². The van der Waals surface area contributed by atoms with Gasteiger partial charge < -0.3 is 9.88 Å². The summed E-state index contributed by atoms with van der Waals surface area (Å²) in [4.78, 5) is 10.2. The third-order valence-corrected chi connectivity index (χ3v) is 7.13. The summed E-state index contributed by atoms with van der Waals surface area (Å²) in [7, 11) is 0.